The summed E-state index contributed by atoms with van der Waals surface area (Å²) in [5.41, 5.74) is 1.86. The second-order valence-corrected chi connectivity index (χ2v) is 11.2. The van der Waals surface area contributed by atoms with Crippen LogP contribution in [0.1, 0.15) is 44.1 Å². The first-order valence-electron chi connectivity index (χ1n) is 11.5. The first-order chi connectivity index (χ1) is 14.4. The van der Waals surface area contributed by atoms with Gasteiger partial charge < -0.3 is 10.2 Å². The van der Waals surface area contributed by atoms with E-state index in [0.717, 1.165) is 78.9 Å². The van der Waals surface area contributed by atoms with Gasteiger partial charge in [0.05, 0.1) is 12.0 Å². The smallest absolute Gasteiger partial charge is 0.238 e. The van der Waals surface area contributed by atoms with Crippen LogP contribution in [0.3, 0.4) is 0 Å². The fourth-order valence-electron chi connectivity index (χ4n) is 6.98. The molecule has 0 atom stereocenters. The molecule has 5 nitrogen and oxygen atoms in total. The molecule has 1 aliphatic heterocycles. The maximum Gasteiger partial charge on any atom is 0.238 e. The Kier molecular flexibility index (Phi) is 5.42. The summed E-state index contributed by atoms with van der Waals surface area (Å²) in [5.74, 6) is 2.84. The molecule has 162 valence electrons. The van der Waals surface area contributed by atoms with Crippen molar-refractivity contribution in [1.29, 1.82) is 0 Å². The van der Waals surface area contributed by atoms with Gasteiger partial charge in [-0.15, -0.1) is 0 Å². The van der Waals surface area contributed by atoms with Gasteiger partial charge in [-0.3, -0.25) is 14.5 Å². The summed E-state index contributed by atoms with van der Waals surface area (Å²) >= 11 is 3.46. The first kappa shape index (κ1) is 20.5. The van der Waals surface area contributed by atoms with Crippen LogP contribution in [-0.2, 0) is 9.59 Å². The topological polar surface area (TPSA) is 52.7 Å². The number of halogens is 1. The third-order valence-electron chi connectivity index (χ3n) is 7.98. The van der Waals surface area contributed by atoms with Gasteiger partial charge in [0, 0.05) is 36.3 Å². The van der Waals surface area contributed by atoms with Crippen molar-refractivity contribution >= 4 is 33.4 Å². The fourth-order valence-corrected chi connectivity index (χ4v) is 7.45. The lowest BCUT2D eigenvalue weighted by molar-refractivity contribution is -0.159. The van der Waals surface area contributed by atoms with Gasteiger partial charge in [-0.05, 0) is 87.0 Å². The van der Waals surface area contributed by atoms with E-state index in [1.807, 2.05) is 25.1 Å². The minimum absolute atomic E-state index is 0.0151. The van der Waals surface area contributed by atoms with Crippen LogP contribution in [0.5, 0.6) is 0 Å². The monoisotopic (exact) mass is 473 g/mol. The number of hydrogen-bond acceptors (Lipinski definition) is 3. The molecule has 1 aromatic rings. The SMILES string of the molecule is Cc1cc(Br)ccc1NC(=O)CN1CCN(C(=O)C23CC4CC(CC(C4)C2)C3)CC1. The van der Waals surface area contributed by atoms with Gasteiger partial charge >= 0.3 is 0 Å². The Bertz CT molecular complexity index is 812. The van der Waals surface area contributed by atoms with Crippen LogP contribution in [0.2, 0.25) is 0 Å². The van der Waals surface area contributed by atoms with Crippen LogP contribution in [0, 0.1) is 30.1 Å². The van der Waals surface area contributed by atoms with Gasteiger partial charge in [-0.25, -0.2) is 0 Å². The van der Waals surface area contributed by atoms with E-state index >= 15 is 0 Å². The van der Waals surface area contributed by atoms with Crippen LogP contribution in [0.15, 0.2) is 22.7 Å². The number of benzene rings is 1. The van der Waals surface area contributed by atoms with E-state index in [9.17, 15) is 9.59 Å². The molecule has 6 heteroatoms. The van der Waals surface area contributed by atoms with Crippen LogP contribution < -0.4 is 5.32 Å². The lowest BCUT2D eigenvalue weighted by Gasteiger charge is -2.57. The van der Waals surface area contributed by atoms with E-state index in [-0.39, 0.29) is 11.3 Å². The largest absolute Gasteiger partial charge is 0.340 e. The molecule has 1 aromatic carbocycles. The molecule has 0 aromatic heterocycles. The molecule has 0 radical (unpaired) electrons. The maximum absolute atomic E-state index is 13.5. The van der Waals surface area contributed by atoms with Gasteiger partial charge in [0.1, 0.15) is 0 Å². The summed E-state index contributed by atoms with van der Waals surface area (Å²) in [6.45, 7) is 5.45. The van der Waals surface area contributed by atoms with E-state index < -0.39 is 0 Å². The van der Waals surface area contributed by atoms with Gasteiger partial charge in [-0.2, -0.15) is 0 Å². The molecule has 6 rings (SSSR count). The highest BCUT2D eigenvalue weighted by Crippen LogP contribution is 2.60. The molecule has 5 aliphatic rings. The molecular formula is C24H32BrN3O2. The number of carbonyl (C=O) groups excluding carboxylic acids is 2. The van der Waals surface area contributed by atoms with Gasteiger partial charge in [0.2, 0.25) is 11.8 Å². The average Bonchev–Trinajstić information content (AvgIpc) is 2.69. The lowest BCUT2D eigenvalue weighted by Crippen LogP contribution is -2.58. The highest BCUT2D eigenvalue weighted by atomic mass is 79.9. The van der Waals surface area contributed by atoms with Gasteiger partial charge in [0.25, 0.3) is 0 Å². The van der Waals surface area contributed by atoms with E-state index in [1.165, 1.54) is 19.3 Å². The fraction of sp³-hybridized carbons (Fsp3) is 0.667. The second kappa shape index (κ2) is 7.94. The van der Waals surface area contributed by atoms with E-state index in [1.54, 1.807) is 0 Å². The zero-order valence-corrected chi connectivity index (χ0v) is 19.4. The molecule has 5 fully saturated rings. The maximum atomic E-state index is 13.5. The van der Waals surface area contributed by atoms with Crippen molar-refractivity contribution < 1.29 is 9.59 Å². The van der Waals surface area contributed by atoms with Crippen LogP contribution in [-0.4, -0.2) is 54.3 Å². The van der Waals surface area contributed by atoms with Crippen molar-refractivity contribution in [2.24, 2.45) is 23.2 Å². The summed E-state index contributed by atoms with van der Waals surface area (Å²) in [7, 11) is 0. The zero-order chi connectivity index (χ0) is 20.9. The van der Waals surface area contributed by atoms with Crippen LogP contribution in [0.25, 0.3) is 0 Å². The Morgan fingerprint density at radius 1 is 1.03 bits per heavy atom. The third kappa shape index (κ3) is 3.93. The Labute approximate surface area is 187 Å². The quantitative estimate of drug-likeness (QED) is 0.717. The first-order valence-corrected chi connectivity index (χ1v) is 12.3. The highest BCUT2D eigenvalue weighted by molar-refractivity contribution is 9.10. The number of carbonyl (C=O) groups is 2. The number of hydrogen-bond donors (Lipinski definition) is 1. The van der Waals surface area contributed by atoms with E-state index in [0.29, 0.717) is 12.5 Å². The zero-order valence-electron chi connectivity index (χ0n) is 17.8. The van der Waals surface area contributed by atoms with Crippen molar-refractivity contribution in [2.45, 2.75) is 45.4 Å². The second-order valence-electron chi connectivity index (χ2n) is 10.3. The minimum Gasteiger partial charge on any atom is -0.340 e. The minimum atomic E-state index is -0.0482. The standard InChI is InChI=1S/C24H32BrN3O2/c1-16-8-20(25)2-3-21(16)26-22(29)15-27-4-6-28(7-5-27)23(30)24-12-17-9-18(13-24)11-19(10-17)14-24/h2-3,8,17-19H,4-7,9-15H2,1H3,(H,26,29). The number of aryl methyl sites for hydroxylation is 1. The van der Waals surface area contributed by atoms with Gasteiger partial charge in [0.15, 0.2) is 0 Å². The Morgan fingerprint density at radius 2 is 1.63 bits per heavy atom. The van der Waals surface area contributed by atoms with Crippen LogP contribution in [0.4, 0.5) is 5.69 Å². The summed E-state index contributed by atoms with van der Waals surface area (Å²) < 4.78 is 1.01. The predicted molar refractivity (Wildman–Crippen MR) is 121 cm³/mol. The Balaban J connectivity index is 1.14. The number of amides is 2. The molecule has 2 amide bonds. The highest BCUT2D eigenvalue weighted by Gasteiger charge is 2.55. The molecule has 1 heterocycles. The summed E-state index contributed by atoms with van der Waals surface area (Å²) in [6, 6.07) is 5.88. The average molecular weight is 474 g/mol. The summed E-state index contributed by atoms with van der Waals surface area (Å²) in [4.78, 5) is 30.3. The van der Waals surface area contributed by atoms with Crippen LogP contribution >= 0.6 is 15.9 Å². The Morgan fingerprint density at radius 3 is 2.20 bits per heavy atom. The lowest BCUT2D eigenvalue weighted by atomic mass is 9.49. The van der Waals surface area contributed by atoms with E-state index in [4.69, 9.17) is 0 Å². The molecule has 1 N–H and O–H groups in total. The summed E-state index contributed by atoms with van der Waals surface area (Å²) in [6.07, 6.45) is 7.50. The molecule has 4 bridgehead atoms. The number of piperazine rings is 1. The normalized spacial score (nSPS) is 33.0. The third-order valence-corrected chi connectivity index (χ3v) is 8.47. The molecule has 4 saturated carbocycles. The number of nitrogens with one attached hydrogen (secondary N) is 1. The van der Waals surface area contributed by atoms with Crippen molar-refractivity contribution in [3.63, 3.8) is 0 Å². The predicted octanol–water partition coefficient (Wildman–Crippen LogP) is 4.06. The van der Waals surface area contributed by atoms with Crippen molar-refractivity contribution in [1.82, 2.24) is 9.80 Å². The van der Waals surface area contributed by atoms with Gasteiger partial charge in [-0.1, -0.05) is 15.9 Å². The molecular weight excluding hydrogens is 442 g/mol. The molecule has 0 unspecified atom stereocenters. The molecule has 0 spiro atoms. The van der Waals surface area contributed by atoms with Crippen molar-refractivity contribution in [3.05, 3.63) is 28.2 Å². The van der Waals surface area contributed by atoms with Crippen molar-refractivity contribution in [3.8, 4) is 0 Å². The Hall–Kier alpha value is -1.40. The molecule has 30 heavy (non-hydrogen) atoms. The number of anilines is 1. The number of rotatable bonds is 4. The van der Waals surface area contributed by atoms with E-state index in [2.05, 4.69) is 31.0 Å². The number of nitrogens with zero attached hydrogens (tertiary/aromatic N) is 2. The van der Waals surface area contributed by atoms with Crippen molar-refractivity contribution in [2.75, 3.05) is 38.0 Å². The summed E-state index contributed by atoms with van der Waals surface area (Å²) in [5, 5.41) is 3.03. The molecule has 4 aliphatic carbocycles. The molecule has 1 saturated heterocycles.